The van der Waals surface area contributed by atoms with Gasteiger partial charge in [-0.1, -0.05) is 30.3 Å². The van der Waals surface area contributed by atoms with E-state index in [1.54, 1.807) is 0 Å². The standard InChI is InChI=1S/C18H25NO2/c1-3-21-18(20)17-15-9-11-16(12-10-15)19(17)13(2)14-7-5-4-6-8-14/h4-8,13,15-17H,3,9-12H2,1-2H3/t13-,15?,16?,17+/m0/s1. The lowest BCUT2D eigenvalue weighted by Crippen LogP contribution is -2.59. The minimum atomic E-state index is -0.0485. The second-order valence-electron chi connectivity index (χ2n) is 6.30. The van der Waals surface area contributed by atoms with Gasteiger partial charge in [-0.2, -0.15) is 0 Å². The molecule has 4 rings (SSSR count). The predicted octanol–water partition coefficient (Wildman–Crippen LogP) is 3.55. The number of carbonyl (C=O) groups is 1. The zero-order valence-corrected chi connectivity index (χ0v) is 13.0. The first-order valence-electron chi connectivity index (χ1n) is 8.21. The van der Waals surface area contributed by atoms with Gasteiger partial charge in [-0.25, -0.2) is 0 Å². The molecule has 2 saturated heterocycles. The molecule has 0 spiro atoms. The second kappa shape index (κ2) is 6.18. The van der Waals surface area contributed by atoms with Crippen molar-refractivity contribution in [3.05, 3.63) is 35.9 Å². The molecular weight excluding hydrogens is 262 g/mol. The van der Waals surface area contributed by atoms with Gasteiger partial charge in [0.1, 0.15) is 6.04 Å². The van der Waals surface area contributed by atoms with E-state index in [4.69, 9.17) is 4.74 Å². The Hall–Kier alpha value is -1.35. The van der Waals surface area contributed by atoms with Crippen LogP contribution in [0.1, 0.15) is 51.1 Å². The van der Waals surface area contributed by atoms with Crippen molar-refractivity contribution in [3.63, 3.8) is 0 Å². The van der Waals surface area contributed by atoms with Crippen LogP contribution < -0.4 is 0 Å². The average molecular weight is 287 g/mol. The van der Waals surface area contributed by atoms with Crippen molar-refractivity contribution >= 4 is 5.97 Å². The van der Waals surface area contributed by atoms with Gasteiger partial charge >= 0.3 is 5.97 Å². The van der Waals surface area contributed by atoms with E-state index < -0.39 is 0 Å². The van der Waals surface area contributed by atoms with E-state index in [-0.39, 0.29) is 18.1 Å². The number of benzene rings is 1. The molecule has 3 heteroatoms. The van der Waals surface area contributed by atoms with Crippen LogP contribution >= 0.6 is 0 Å². The van der Waals surface area contributed by atoms with Gasteiger partial charge in [0, 0.05) is 12.1 Å². The van der Waals surface area contributed by atoms with Gasteiger partial charge in [-0.05, 0) is 51.0 Å². The van der Waals surface area contributed by atoms with Crippen LogP contribution in [0.25, 0.3) is 0 Å². The van der Waals surface area contributed by atoms with Crippen LogP contribution in [0.5, 0.6) is 0 Å². The zero-order valence-electron chi connectivity index (χ0n) is 13.0. The van der Waals surface area contributed by atoms with E-state index in [1.165, 1.54) is 31.2 Å². The summed E-state index contributed by atoms with van der Waals surface area (Å²) < 4.78 is 5.37. The fourth-order valence-electron chi connectivity index (χ4n) is 4.19. The number of ether oxygens (including phenoxy) is 1. The lowest BCUT2D eigenvalue weighted by Gasteiger charge is -2.52. The minimum absolute atomic E-state index is 0.0188. The molecular formula is C18H25NO2. The molecule has 2 heterocycles. The number of carbonyl (C=O) groups excluding carboxylic acids is 1. The monoisotopic (exact) mass is 287 g/mol. The number of fused-ring (bicyclic) bond motifs is 3. The van der Waals surface area contributed by atoms with E-state index in [9.17, 15) is 4.79 Å². The van der Waals surface area contributed by atoms with Crippen LogP contribution in [0.15, 0.2) is 30.3 Å². The van der Waals surface area contributed by atoms with Gasteiger partial charge in [0.2, 0.25) is 0 Å². The number of nitrogens with zero attached hydrogens (tertiary/aromatic N) is 1. The highest BCUT2D eigenvalue weighted by atomic mass is 16.5. The molecule has 0 aromatic heterocycles. The summed E-state index contributed by atoms with van der Waals surface area (Å²) in [6, 6.07) is 11.3. The Bertz CT molecular complexity index is 479. The Labute approximate surface area is 127 Å². The molecule has 0 N–H and O–H groups in total. The maximum absolute atomic E-state index is 12.5. The van der Waals surface area contributed by atoms with E-state index in [1.807, 2.05) is 13.0 Å². The largest absolute Gasteiger partial charge is 0.465 e. The molecule has 0 radical (unpaired) electrons. The SMILES string of the molecule is CCOC(=O)[C@H]1C2CCC(CC2)N1[C@@H](C)c1ccccc1. The predicted molar refractivity (Wildman–Crippen MR) is 82.9 cm³/mol. The van der Waals surface area contributed by atoms with Crippen molar-refractivity contribution in [2.75, 3.05) is 6.61 Å². The highest BCUT2D eigenvalue weighted by Crippen LogP contribution is 2.44. The molecule has 0 amide bonds. The van der Waals surface area contributed by atoms with Gasteiger partial charge < -0.3 is 4.74 Å². The third-order valence-electron chi connectivity index (χ3n) is 5.19. The Morgan fingerprint density at radius 2 is 1.90 bits per heavy atom. The van der Waals surface area contributed by atoms with Crippen molar-refractivity contribution in [1.82, 2.24) is 4.90 Å². The second-order valence-corrected chi connectivity index (χ2v) is 6.30. The Kier molecular flexibility index (Phi) is 4.29. The van der Waals surface area contributed by atoms with Gasteiger partial charge in [0.05, 0.1) is 6.61 Å². The third kappa shape index (κ3) is 2.71. The molecule has 0 unspecified atom stereocenters. The average Bonchev–Trinajstić information content (AvgIpc) is 2.55. The summed E-state index contributed by atoms with van der Waals surface area (Å²) in [5.74, 6) is 0.454. The molecule has 3 aliphatic rings. The van der Waals surface area contributed by atoms with Gasteiger partial charge in [0.25, 0.3) is 0 Å². The molecule has 3 fully saturated rings. The van der Waals surface area contributed by atoms with Crippen molar-refractivity contribution in [2.45, 2.75) is 57.7 Å². The normalized spacial score (nSPS) is 30.1. The quantitative estimate of drug-likeness (QED) is 0.793. The number of rotatable bonds is 4. The number of piperidine rings is 2. The summed E-state index contributed by atoms with van der Waals surface area (Å²) in [6.07, 6.45) is 4.79. The lowest BCUT2D eigenvalue weighted by molar-refractivity contribution is -0.161. The molecule has 1 aromatic carbocycles. The number of esters is 1. The maximum Gasteiger partial charge on any atom is 0.323 e. The van der Waals surface area contributed by atoms with Crippen molar-refractivity contribution < 1.29 is 9.53 Å². The van der Waals surface area contributed by atoms with Crippen molar-refractivity contribution in [3.8, 4) is 0 Å². The van der Waals surface area contributed by atoms with Crippen LogP contribution in [-0.2, 0) is 9.53 Å². The van der Waals surface area contributed by atoms with Crippen LogP contribution in [0.4, 0.5) is 0 Å². The molecule has 1 aromatic rings. The summed E-state index contributed by atoms with van der Waals surface area (Å²) in [6.45, 7) is 4.59. The summed E-state index contributed by atoms with van der Waals surface area (Å²) >= 11 is 0. The van der Waals surface area contributed by atoms with Crippen molar-refractivity contribution in [2.24, 2.45) is 5.92 Å². The lowest BCUT2D eigenvalue weighted by atomic mass is 9.73. The Balaban J connectivity index is 1.87. The van der Waals surface area contributed by atoms with Crippen LogP contribution in [0, 0.1) is 5.92 Å². The van der Waals surface area contributed by atoms with Crippen LogP contribution in [0.2, 0.25) is 0 Å². The van der Waals surface area contributed by atoms with Crippen molar-refractivity contribution in [1.29, 1.82) is 0 Å². The van der Waals surface area contributed by atoms with Crippen LogP contribution in [-0.4, -0.2) is 29.6 Å². The van der Waals surface area contributed by atoms with E-state index in [0.29, 0.717) is 18.6 Å². The number of hydrogen-bond donors (Lipinski definition) is 0. The van der Waals surface area contributed by atoms with Gasteiger partial charge in [-0.15, -0.1) is 0 Å². The fourth-order valence-corrected chi connectivity index (χ4v) is 4.19. The van der Waals surface area contributed by atoms with E-state index in [2.05, 4.69) is 36.1 Å². The topological polar surface area (TPSA) is 29.5 Å². The van der Waals surface area contributed by atoms with E-state index in [0.717, 1.165) is 0 Å². The molecule has 3 nitrogen and oxygen atoms in total. The highest BCUT2D eigenvalue weighted by Gasteiger charge is 2.47. The minimum Gasteiger partial charge on any atom is -0.465 e. The first-order chi connectivity index (χ1) is 10.2. The van der Waals surface area contributed by atoms with E-state index >= 15 is 0 Å². The fraction of sp³-hybridized carbons (Fsp3) is 0.611. The first-order valence-corrected chi connectivity index (χ1v) is 8.21. The molecule has 2 aliphatic heterocycles. The number of hydrogen-bond acceptors (Lipinski definition) is 3. The highest BCUT2D eigenvalue weighted by molar-refractivity contribution is 5.76. The first kappa shape index (κ1) is 14.6. The molecule has 21 heavy (non-hydrogen) atoms. The summed E-state index contributed by atoms with van der Waals surface area (Å²) in [5.41, 5.74) is 1.29. The summed E-state index contributed by atoms with van der Waals surface area (Å²) in [4.78, 5) is 14.9. The van der Waals surface area contributed by atoms with Crippen LogP contribution in [0.3, 0.4) is 0 Å². The molecule has 1 saturated carbocycles. The molecule has 2 atom stereocenters. The Morgan fingerprint density at radius 3 is 2.52 bits per heavy atom. The molecule has 2 bridgehead atoms. The maximum atomic E-state index is 12.5. The smallest absolute Gasteiger partial charge is 0.323 e. The van der Waals surface area contributed by atoms with Gasteiger partial charge in [0.15, 0.2) is 0 Å². The third-order valence-corrected chi connectivity index (χ3v) is 5.19. The summed E-state index contributed by atoms with van der Waals surface area (Å²) in [5, 5.41) is 0. The zero-order chi connectivity index (χ0) is 14.8. The molecule has 114 valence electrons. The Morgan fingerprint density at radius 1 is 1.24 bits per heavy atom. The summed E-state index contributed by atoms with van der Waals surface area (Å²) in [7, 11) is 0. The molecule has 1 aliphatic carbocycles. The van der Waals surface area contributed by atoms with Gasteiger partial charge in [-0.3, -0.25) is 9.69 Å².